The second-order valence-electron chi connectivity index (χ2n) is 5.60. The van der Waals surface area contributed by atoms with E-state index in [9.17, 15) is 4.79 Å². The zero-order chi connectivity index (χ0) is 17.8. The number of ether oxygens (including phenoxy) is 2. The minimum Gasteiger partial charge on any atom is -0.493 e. The Morgan fingerprint density at radius 3 is 2.76 bits per heavy atom. The number of aromatic nitrogens is 2. The molecule has 0 atom stereocenters. The molecule has 130 valence electrons. The van der Waals surface area contributed by atoms with Gasteiger partial charge in [-0.05, 0) is 38.1 Å². The molecule has 0 aliphatic carbocycles. The fourth-order valence-electron chi connectivity index (χ4n) is 2.70. The van der Waals surface area contributed by atoms with Crippen LogP contribution in [0.15, 0.2) is 47.3 Å². The Hall–Kier alpha value is -3.02. The number of pyridine rings is 1. The highest BCUT2D eigenvalue weighted by molar-refractivity contribution is 5.55. The minimum absolute atomic E-state index is 0.0795. The summed E-state index contributed by atoms with van der Waals surface area (Å²) in [5.74, 6) is 1.36. The van der Waals surface area contributed by atoms with E-state index in [-0.39, 0.29) is 5.56 Å². The molecule has 3 aromatic rings. The normalized spacial score (nSPS) is 10.7. The topological polar surface area (TPSA) is 64.9 Å². The average molecular weight is 339 g/mol. The van der Waals surface area contributed by atoms with Gasteiger partial charge in [-0.15, -0.1) is 0 Å². The van der Waals surface area contributed by atoms with E-state index in [1.165, 1.54) is 0 Å². The summed E-state index contributed by atoms with van der Waals surface area (Å²) < 4.78 is 12.5. The van der Waals surface area contributed by atoms with E-state index in [1.807, 2.05) is 50.2 Å². The van der Waals surface area contributed by atoms with Gasteiger partial charge in [0.15, 0.2) is 11.5 Å². The molecule has 6 heteroatoms. The van der Waals surface area contributed by atoms with Gasteiger partial charge in [0.25, 0.3) is 5.56 Å². The standard InChI is InChI=1S/C19H21N3O3/c1-4-25-16-9-8-14(10-17(16)24-3)20-12-15-11-19(23)22-13(2)6-5-7-18(22)21-15/h5-11,20H,4,12H2,1-3H3. The molecule has 0 aliphatic heterocycles. The Morgan fingerprint density at radius 1 is 1.16 bits per heavy atom. The summed E-state index contributed by atoms with van der Waals surface area (Å²) >= 11 is 0. The van der Waals surface area contributed by atoms with Crippen LogP contribution in [0, 0.1) is 6.92 Å². The number of rotatable bonds is 6. The summed E-state index contributed by atoms with van der Waals surface area (Å²) in [6.07, 6.45) is 0. The molecule has 6 nitrogen and oxygen atoms in total. The van der Waals surface area contributed by atoms with E-state index in [0.29, 0.717) is 36.0 Å². The third kappa shape index (κ3) is 3.57. The summed E-state index contributed by atoms with van der Waals surface area (Å²) in [5, 5.41) is 3.27. The van der Waals surface area contributed by atoms with Crippen molar-refractivity contribution in [2.45, 2.75) is 20.4 Å². The number of methoxy groups -OCH3 is 1. The van der Waals surface area contributed by atoms with Gasteiger partial charge in [-0.2, -0.15) is 0 Å². The van der Waals surface area contributed by atoms with Gasteiger partial charge in [-0.25, -0.2) is 4.98 Å². The van der Waals surface area contributed by atoms with Gasteiger partial charge in [0.2, 0.25) is 0 Å². The Balaban J connectivity index is 1.82. The summed E-state index contributed by atoms with van der Waals surface area (Å²) in [6.45, 7) is 4.84. The monoisotopic (exact) mass is 339 g/mol. The number of nitrogens with zero attached hydrogens (tertiary/aromatic N) is 2. The van der Waals surface area contributed by atoms with Gasteiger partial charge in [0, 0.05) is 23.5 Å². The average Bonchev–Trinajstić information content (AvgIpc) is 2.61. The number of hydrogen-bond acceptors (Lipinski definition) is 5. The smallest absolute Gasteiger partial charge is 0.258 e. The first kappa shape index (κ1) is 16.8. The van der Waals surface area contributed by atoms with Crippen molar-refractivity contribution < 1.29 is 9.47 Å². The van der Waals surface area contributed by atoms with Crippen molar-refractivity contribution in [1.82, 2.24) is 9.38 Å². The second-order valence-corrected chi connectivity index (χ2v) is 5.60. The van der Waals surface area contributed by atoms with E-state index in [1.54, 1.807) is 17.6 Å². The van der Waals surface area contributed by atoms with E-state index in [0.717, 1.165) is 11.4 Å². The lowest BCUT2D eigenvalue weighted by Gasteiger charge is -2.12. The molecule has 1 aromatic carbocycles. The molecule has 0 saturated carbocycles. The maximum atomic E-state index is 12.3. The van der Waals surface area contributed by atoms with E-state index >= 15 is 0 Å². The van der Waals surface area contributed by atoms with Crippen LogP contribution in [0.3, 0.4) is 0 Å². The number of nitrogens with one attached hydrogen (secondary N) is 1. The van der Waals surface area contributed by atoms with Crippen molar-refractivity contribution in [1.29, 1.82) is 0 Å². The molecule has 0 unspecified atom stereocenters. The number of aryl methyl sites for hydroxylation is 1. The third-order valence-electron chi connectivity index (χ3n) is 3.87. The van der Waals surface area contributed by atoms with E-state index in [2.05, 4.69) is 10.3 Å². The van der Waals surface area contributed by atoms with E-state index < -0.39 is 0 Å². The molecule has 0 spiro atoms. The quantitative estimate of drug-likeness (QED) is 0.748. The van der Waals surface area contributed by atoms with Crippen molar-refractivity contribution in [2.24, 2.45) is 0 Å². The first-order valence-electron chi connectivity index (χ1n) is 8.15. The van der Waals surface area contributed by atoms with Crippen LogP contribution >= 0.6 is 0 Å². The van der Waals surface area contributed by atoms with Gasteiger partial charge in [-0.3, -0.25) is 9.20 Å². The summed E-state index contributed by atoms with van der Waals surface area (Å²) in [4.78, 5) is 16.9. The maximum absolute atomic E-state index is 12.3. The predicted octanol–water partition coefficient (Wildman–Crippen LogP) is 3.02. The third-order valence-corrected chi connectivity index (χ3v) is 3.87. The number of fused-ring (bicyclic) bond motifs is 1. The highest BCUT2D eigenvalue weighted by Crippen LogP contribution is 2.30. The summed E-state index contributed by atoms with van der Waals surface area (Å²) in [7, 11) is 1.61. The number of hydrogen-bond donors (Lipinski definition) is 1. The lowest BCUT2D eigenvalue weighted by molar-refractivity contribution is 0.311. The minimum atomic E-state index is -0.0795. The molecule has 1 N–H and O–H groups in total. The van der Waals surface area contributed by atoms with Gasteiger partial charge in [0.1, 0.15) is 5.65 Å². The van der Waals surface area contributed by atoms with Crippen LogP contribution in [0.5, 0.6) is 11.5 Å². The van der Waals surface area contributed by atoms with Gasteiger partial charge < -0.3 is 14.8 Å². The zero-order valence-corrected chi connectivity index (χ0v) is 14.6. The van der Waals surface area contributed by atoms with E-state index in [4.69, 9.17) is 9.47 Å². The zero-order valence-electron chi connectivity index (χ0n) is 14.6. The molecule has 0 amide bonds. The molecule has 2 heterocycles. The molecule has 0 fully saturated rings. The second kappa shape index (κ2) is 7.25. The Labute approximate surface area is 146 Å². The maximum Gasteiger partial charge on any atom is 0.258 e. The highest BCUT2D eigenvalue weighted by atomic mass is 16.5. The first-order chi connectivity index (χ1) is 12.1. The van der Waals surface area contributed by atoms with Crippen molar-refractivity contribution in [3.63, 3.8) is 0 Å². The van der Waals surface area contributed by atoms with Crippen LogP contribution < -0.4 is 20.3 Å². The Morgan fingerprint density at radius 2 is 2.00 bits per heavy atom. The van der Waals surface area contributed by atoms with Gasteiger partial charge in [-0.1, -0.05) is 6.07 Å². The summed E-state index contributed by atoms with van der Waals surface area (Å²) in [5.41, 5.74) is 2.98. The lowest BCUT2D eigenvalue weighted by Crippen LogP contribution is -2.18. The highest BCUT2D eigenvalue weighted by Gasteiger charge is 2.07. The number of anilines is 1. The SMILES string of the molecule is CCOc1ccc(NCc2cc(=O)n3c(C)cccc3n2)cc1OC. The molecule has 0 saturated heterocycles. The van der Waals surface area contributed by atoms with Crippen molar-refractivity contribution in [3.8, 4) is 11.5 Å². The van der Waals surface area contributed by atoms with Gasteiger partial charge in [0.05, 0.1) is 26.0 Å². The van der Waals surface area contributed by atoms with Crippen LogP contribution in [0.1, 0.15) is 18.3 Å². The molecule has 2 aromatic heterocycles. The molecule has 3 rings (SSSR count). The fraction of sp³-hybridized carbons (Fsp3) is 0.263. The van der Waals surface area contributed by atoms with Crippen molar-refractivity contribution >= 4 is 11.3 Å². The molecular formula is C19H21N3O3. The largest absolute Gasteiger partial charge is 0.493 e. The van der Waals surface area contributed by atoms with Crippen LogP contribution in [0.4, 0.5) is 5.69 Å². The van der Waals surface area contributed by atoms with Crippen LogP contribution in [0.25, 0.3) is 5.65 Å². The molecule has 0 radical (unpaired) electrons. The molecule has 0 aliphatic rings. The van der Waals surface area contributed by atoms with Crippen LogP contribution in [-0.4, -0.2) is 23.1 Å². The lowest BCUT2D eigenvalue weighted by atomic mass is 10.2. The molecule has 25 heavy (non-hydrogen) atoms. The van der Waals surface area contributed by atoms with Crippen LogP contribution in [0.2, 0.25) is 0 Å². The predicted molar refractivity (Wildman–Crippen MR) is 97.7 cm³/mol. The van der Waals surface area contributed by atoms with Crippen molar-refractivity contribution in [3.05, 3.63) is 64.2 Å². The molecular weight excluding hydrogens is 318 g/mol. The van der Waals surface area contributed by atoms with Gasteiger partial charge >= 0.3 is 0 Å². The van der Waals surface area contributed by atoms with Crippen LogP contribution in [-0.2, 0) is 6.54 Å². The van der Waals surface area contributed by atoms with Crippen molar-refractivity contribution in [2.75, 3.05) is 19.0 Å². The molecule has 0 bridgehead atoms. The Kier molecular flexibility index (Phi) is 4.88. The Bertz CT molecular complexity index is 950. The first-order valence-corrected chi connectivity index (χ1v) is 8.15. The fourth-order valence-corrected chi connectivity index (χ4v) is 2.70. The summed E-state index contributed by atoms with van der Waals surface area (Å²) in [6, 6.07) is 12.8. The number of benzene rings is 1.